The molecule has 2 aromatic carbocycles. The minimum Gasteiger partial charge on any atom is -0.355 e. The summed E-state index contributed by atoms with van der Waals surface area (Å²) in [5.41, 5.74) is 4.50. The molecule has 2 heterocycles. The van der Waals surface area contributed by atoms with Crippen LogP contribution in [0.4, 0.5) is 0 Å². The average Bonchev–Trinajstić information content (AvgIpc) is 2.69. The number of ether oxygens (including phenoxy) is 1. The van der Waals surface area contributed by atoms with E-state index in [4.69, 9.17) is 4.74 Å². The van der Waals surface area contributed by atoms with E-state index in [0.29, 0.717) is 17.9 Å². The van der Waals surface area contributed by atoms with E-state index in [9.17, 15) is 0 Å². The molecule has 2 heteroatoms. The number of hydrogen-bond donors (Lipinski definition) is 0. The topological polar surface area (TPSA) is 12.5 Å². The fraction of sp³-hybridized carbons (Fsp3) is 0.538. The molecular weight excluding hydrogens is 342 g/mol. The molecule has 148 valence electrons. The Bertz CT molecular complexity index is 829. The molecule has 1 unspecified atom stereocenters. The van der Waals surface area contributed by atoms with E-state index < -0.39 is 0 Å². The van der Waals surface area contributed by atoms with E-state index in [-0.39, 0.29) is 11.8 Å². The zero-order valence-electron chi connectivity index (χ0n) is 17.5. The van der Waals surface area contributed by atoms with Crippen molar-refractivity contribution in [2.75, 3.05) is 6.54 Å². The van der Waals surface area contributed by atoms with Crippen molar-refractivity contribution in [1.82, 2.24) is 4.90 Å². The third-order valence-electron chi connectivity index (χ3n) is 7.73. The molecule has 5 atom stereocenters. The quantitative estimate of drug-likeness (QED) is 0.644. The van der Waals surface area contributed by atoms with Crippen molar-refractivity contribution in [3.05, 3.63) is 71.3 Å². The van der Waals surface area contributed by atoms with Crippen molar-refractivity contribution in [1.29, 1.82) is 0 Å². The van der Waals surface area contributed by atoms with Gasteiger partial charge in [0.25, 0.3) is 0 Å². The van der Waals surface area contributed by atoms with Gasteiger partial charge in [-0.2, -0.15) is 0 Å². The first-order valence-electron chi connectivity index (χ1n) is 11.1. The highest BCUT2D eigenvalue weighted by Crippen LogP contribution is 2.52. The Morgan fingerprint density at radius 2 is 1.68 bits per heavy atom. The molecule has 0 N–H and O–H groups in total. The van der Waals surface area contributed by atoms with Crippen molar-refractivity contribution < 1.29 is 4.74 Å². The van der Waals surface area contributed by atoms with Crippen LogP contribution in [0.1, 0.15) is 68.9 Å². The summed E-state index contributed by atoms with van der Waals surface area (Å²) in [5, 5.41) is 0. The molecule has 2 aliphatic heterocycles. The van der Waals surface area contributed by atoms with Crippen LogP contribution in [0.15, 0.2) is 54.6 Å². The minimum atomic E-state index is 0.116. The maximum atomic E-state index is 6.85. The summed E-state index contributed by atoms with van der Waals surface area (Å²) in [6, 6.07) is 20.0. The van der Waals surface area contributed by atoms with Gasteiger partial charge in [-0.05, 0) is 55.7 Å². The number of hydrogen-bond acceptors (Lipinski definition) is 2. The summed E-state index contributed by atoms with van der Waals surface area (Å²) < 4.78 is 6.85. The second kappa shape index (κ2) is 7.00. The third-order valence-corrected chi connectivity index (χ3v) is 7.73. The standard InChI is InChI=1S/C26H33NO/c1-18-13-14-23-24(15-18)28-25-22-12-8-7-11-21(22)20(17-27(25)26(23,2)3)16-19-9-5-4-6-10-19/h4-12,18,20,23-25H,13-17H2,1-3H3/t18-,20-,23-,24-,25?/m1/s1. The molecule has 0 spiro atoms. The first kappa shape index (κ1) is 18.4. The molecule has 1 aliphatic carbocycles. The molecule has 0 amide bonds. The molecule has 1 saturated carbocycles. The minimum absolute atomic E-state index is 0.116. The highest BCUT2D eigenvalue weighted by molar-refractivity contribution is 5.37. The highest BCUT2D eigenvalue weighted by Gasteiger charge is 2.53. The lowest BCUT2D eigenvalue weighted by Crippen LogP contribution is -2.63. The van der Waals surface area contributed by atoms with E-state index in [0.717, 1.165) is 18.9 Å². The Morgan fingerprint density at radius 3 is 2.46 bits per heavy atom. The van der Waals surface area contributed by atoms with Gasteiger partial charge in [-0.1, -0.05) is 67.9 Å². The zero-order chi connectivity index (χ0) is 19.3. The molecule has 2 aromatic rings. The summed E-state index contributed by atoms with van der Waals surface area (Å²) in [6.45, 7) is 8.43. The SMILES string of the molecule is C[C@@H]1CC[C@@H]2[C@@H](C1)OC1c3ccccc3[C@H](Cc3ccccc3)CN1C2(C)C. The van der Waals surface area contributed by atoms with Gasteiger partial charge in [-0.3, -0.25) is 4.90 Å². The molecule has 0 radical (unpaired) electrons. The number of rotatable bonds is 2. The van der Waals surface area contributed by atoms with Crippen LogP contribution in [-0.2, 0) is 11.2 Å². The molecule has 0 aromatic heterocycles. The van der Waals surface area contributed by atoms with Crippen molar-refractivity contribution in [2.45, 2.75) is 70.2 Å². The zero-order valence-corrected chi connectivity index (χ0v) is 17.5. The van der Waals surface area contributed by atoms with Crippen molar-refractivity contribution >= 4 is 0 Å². The summed E-state index contributed by atoms with van der Waals surface area (Å²) in [5.74, 6) is 1.95. The molecular formula is C26H33NO. The van der Waals surface area contributed by atoms with Gasteiger partial charge in [0.15, 0.2) is 0 Å². The first-order valence-corrected chi connectivity index (χ1v) is 11.1. The van der Waals surface area contributed by atoms with Gasteiger partial charge in [-0.15, -0.1) is 0 Å². The van der Waals surface area contributed by atoms with Crippen LogP contribution in [-0.4, -0.2) is 23.1 Å². The highest BCUT2D eigenvalue weighted by atomic mass is 16.5. The second-order valence-electron chi connectivity index (χ2n) is 9.87. The predicted octanol–water partition coefficient (Wildman–Crippen LogP) is 5.94. The van der Waals surface area contributed by atoms with E-state index in [1.807, 2.05) is 0 Å². The van der Waals surface area contributed by atoms with Gasteiger partial charge in [0, 0.05) is 23.9 Å². The molecule has 0 bridgehead atoms. The van der Waals surface area contributed by atoms with Crippen molar-refractivity contribution in [2.24, 2.45) is 11.8 Å². The van der Waals surface area contributed by atoms with Crippen LogP contribution < -0.4 is 0 Å². The van der Waals surface area contributed by atoms with Crippen LogP contribution in [0.5, 0.6) is 0 Å². The molecule has 2 nitrogen and oxygen atoms in total. The van der Waals surface area contributed by atoms with Gasteiger partial charge < -0.3 is 4.74 Å². The lowest BCUT2D eigenvalue weighted by atomic mass is 9.68. The second-order valence-corrected chi connectivity index (χ2v) is 9.87. The van der Waals surface area contributed by atoms with Gasteiger partial charge in [0.05, 0.1) is 6.10 Å². The third kappa shape index (κ3) is 3.02. The molecule has 5 rings (SSSR count). The van der Waals surface area contributed by atoms with Crippen LogP contribution in [0.2, 0.25) is 0 Å². The van der Waals surface area contributed by atoms with Gasteiger partial charge in [0.1, 0.15) is 6.23 Å². The van der Waals surface area contributed by atoms with E-state index in [2.05, 4.69) is 80.3 Å². The summed E-state index contributed by atoms with van der Waals surface area (Å²) in [4.78, 5) is 2.69. The molecule has 2 fully saturated rings. The molecule has 1 saturated heterocycles. The van der Waals surface area contributed by atoms with Gasteiger partial charge in [-0.25, -0.2) is 0 Å². The Balaban J connectivity index is 1.52. The Hall–Kier alpha value is -1.64. The van der Waals surface area contributed by atoms with E-state index >= 15 is 0 Å². The van der Waals surface area contributed by atoms with Crippen molar-refractivity contribution in [3.8, 4) is 0 Å². The monoisotopic (exact) mass is 375 g/mol. The number of benzene rings is 2. The summed E-state index contributed by atoms with van der Waals surface area (Å²) >= 11 is 0. The summed E-state index contributed by atoms with van der Waals surface area (Å²) in [6.07, 6.45) is 5.48. The van der Waals surface area contributed by atoms with Gasteiger partial charge >= 0.3 is 0 Å². The largest absolute Gasteiger partial charge is 0.355 e. The molecule has 28 heavy (non-hydrogen) atoms. The van der Waals surface area contributed by atoms with Gasteiger partial charge in [0.2, 0.25) is 0 Å². The van der Waals surface area contributed by atoms with E-state index in [1.165, 1.54) is 36.0 Å². The lowest BCUT2D eigenvalue weighted by Gasteiger charge is -2.60. The maximum Gasteiger partial charge on any atom is 0.137 e. The fourth-order valence-electron chi connectivity index (χ4n) is 6.13. The predicted molar refractivity (Wildman–Crippen MR) is 114 cm³/mol. The van der Waals surface area contributed by atoms with Crippen LogP contribution in [0.3, 0.4) is 0 Å². The molecule has 3 aliphatic rings. The fourth-order valence-corrected chi connectivity index (χ4v) is 6.13. The van der Waals surface area contributed by atoms with Crippen molar-refractivity contribution in [3.63, 3.8) is 0 Å². The lowest BCUT2D eigenvalue weighted by molar-refractivity contribution is -0.242. The smallest absolute Gasteiger partial charge is 0.137 e. The Labute approximate surface area is 169 Å². The Morgan fingerprint density at radius 1 is 0.964 bits per heavy atom. The first-order chi connectivity index (χ1) is 13.5. The number of fused-ring (bicyclic) bond motifs is 4. The summed E-state index contributed by atoms with van der Waals surface area (Å²) in [7, 11) is 0. The van der Waals surface area contributed by atoms with Crippen LogP contribution in [0, 0.1) is 11.8 Å². The van der Waals surface area contributed by atoms with E-state index in [1.54, 1.807) is 0 Å². The van der Waals surface area contributed by atoms with Crippen LogP contribution in [0.25, 0.3) is 0 Å². The maximum absolute atomic E-state index is 6.85. The normalized spacial score (nSPS) is 34.2. The number of nitrogens with zero attached hydrogens (tertiary/aromatic N) is 1. The van der Waals surface area contributed by atoms with Crippen LogP contribution >= 0.6 is 0 Å². The average molecular weight is 376 g/mol. The Kier molecular flexibility index (Phi) is 4.60.